The highest BCUT2D eigenvalue weighted by Crippen LogP contribution is 2.26. The highest BCUT2D eigenvalue weighted by atomic mass is 19.2. The summed E-state index contributed by atoms with van der Waals surface area (Å²) in [4.78, 5) is 24.2. The monoisotopic (exact) mass is 424 g/mol. The van der Waals surface area contributed by atoms with E-state index < -0.39 is 57.8 Å². The van der Waals surface area contributed by atoms with Crippen molar-refractivity contribution in [1.82, 2.24) is 0 Å². The van der Waals surface area contributed by atoms with Gasteiger partial charge in [0.05, 0.1) is 0 Å². The molecule has 0 unspecified atom stereocenters. The van der Waals surface area contributed by atoms with Crippen molar-refractivity contribution in [1.29, 1.82) is 0 Å². The third-order valence-electron chi connectivity index (χ3n) is 3.88. The Morgan fingerprint density at radius 3 is 1.20 bits per heavy atom. The lowest BCUT2D eigenvalue weighted by Gasteiger charge is -2.12. The summed E-state index contributed by atoms with van der Waals surface area (Å²) in [5.74, 6) is -13.3. The molecule has 0 saturated carbocycles. The van der Waals surface area contributed by atoms with Gasteiger partial charge in [-0.25, -0.2) is 26.3 Å². The summed E-state index contributed by atoms with van der Waals surface area (Å²) >= 11 is 0. The first-order chi connectivity index (χ1) is 14.2. The second-order valence-electron chi connectivity index (χ2n) is 5.93. The summed E-state index contributed by atoms with van der Waals surface area (Å²) in [6, 6.07) is 8.37. The van der Waals surface area contributed by atoms with Crippen LogP contribution >= 0.6 is 0 Å². The maximum atomic E-state index is 14.3. The fraction of sp³-hybridized carbons (Fsp3) is 0. The van der Waals surface area contributed by atoms with Gasteiger partial charge in [0.1, 0.15) is 22.8 Å². The standard InChI is InChI=1S/C20H10F6N2O2/c21-9-3-1-5-11(7-9)27-19(29)13-15(23)17(25)14(18(26)16(13)24)20(30)28-12-6-2-4-10(22)8-12/h1-8H,(H,27,29)(H,28,30). The Morgan fingerprint density at radius 1 is 0.567 bits per heavy atom. The molecule has 3 rings (SSSR count). The van der Waals surface area contributed by atoms with Crippen molar-refractivity contribution in [3.8, 4) is 0 Å². The van der Waals surface area contributed by atoms with E-state index in [2.05, 4.69) is 0 Å². The molecule has 0 aliphatic rings. The molecule has 0 bridgehead atoms. The minimum Gasteiger partial charge on any atom is -0.322 e. The smallest absolute Gasteiger partial charge is 0.261 e. The predicted octanol–water partition coefficient (Wildman–Crippen LogP) is 5.03. The topological polar surface area (TPSA) is 58.2 Å². The van der Waals surface area contributed by atoms with Crippen molar-refractivity contribution in [3.63, 3.8) is 0 Å². The lowest BCUT2D eigenvalue weighted by Crippen LogP contribution is -2.23. The molecule has 4 nitrogen and oxygen atoms in total. The Labute approximate surface area is 165 Å². The van der Waals surface area contributed by atoms with Gasteiger partial charge in [0.25, 0.3) is 11.8 Å². The van der Waals surface area contributed by atoms with Crippen molar-refractivity contribution in [2.45, 2.75) is 0 Å². The molecule has 0 fully saturated rings. The molecule has 2 N–H and O–H groups in total. The van der Waals surface area contributed by atoms with Crippen LogP contribution in [-0.4, -0.2) is 11.8 Å². The fourth-order valence-electron chi connectivity index (χ4n) is 2.55. The average Bonchev–Trinajstić information content (AvgIpc) is 2.67. The largest absolute Gasteiger partial charge is 0.322 e. The second kappa shape index (κ2) is 8.27. The van der Waals surface area contributed by atoms with Gasteiger partial charge in [-0.05, 0) is 36.4 Å². The average molecular weight is 424 g/mol. The number of hydrogen-bond acceptors (Lipinski definition) is 2. The van der Waals surface area contributed by atoms with Crippen LogP contribution in [0.1, 0.15) is 20.7 Å². The maximum absolute atomic E-state index is 14.3. The molecule has 154 valence electrons. The lowest BCUT2D eigenvalue weighted by atomic mass is 10.1. The molecule has 0 heterocycles. The molecule has 3 aromatic rings. The number of carbonyl (C=O) groups is 2. The second-order valence-corrected chi connectivity index (χ2v) is 5.93. The van der Waals surface area contributed by atoms with E-state index in [9.17, 15) is 35.9 Å². The number of halogens is 6. The van der Waals surface area contributed by atoms with Crippen LogP contribution in [0.15, 0.2) is 48.5 Å². The van der Waals surface area contributed by atoms with E-state index in [1.165, 1.54) is 24.3 Å². The van der Waals surface area contributed by atoms with Gasteiger partial charge in [0.15, 0.2) is 23.3 Å². The number of amides is 2. The first-order valence-corrected chi connectivity index (χ1v) is 8.18. The molecule has 0 spiro atoms. The van der Waals surface area contributed by atoms with Gasteiger partial charge >= 0.3 is 0 Å². The summed E-state index contributed by atoms with van der Waals surface area (Å²) in [5, 5.41) is 3.79. The van der Waals surface area contributed by atoms with Crippen molar-refractivity contribution in [2.75, 3.05) is 10.6 Å². The van der Waals surface area contributed by atoms with Gasteiger partial charge in [0.2, 0.25) is 0 Å². The van der Waals surface area contributed by atoms with E-state index in [0.29, 0.717) is 0 Å². The first kappa shape index (κ1) is 20.9. The van der Waals surface area contributed by atoms with Crippen LogP contribution in [0, 0.1) is 34.9 Å². The zero-order valence-corrected chi connectivity index (χ0v) is 14.7. The summed E-state index contributed by atoms with van der Waals surface area (Å²) in [5.41, 5.74) is -3.74. The third-order valence-corrected chi connectivity index (χ3v) is 3.88. The molecule has 3 aromatic carbocycles. The number of anilines is 2. The van der Waals surface area contributed by atoms with E-state index in [1.54, 1.807) is 0 Å². The number of nitrogens with one attached hydrogen (secondary N) is 2. The van der Waals surface area contributed by atoms with Crippen molar-refractivity contribution < 1.29 is 35.9 Å². The molecule has 30 heavy (non-hydrogen) atoms. The van der Waals surface area contributed by atoms with Gasteiger partial charge < -0.3 is 10.6 Å². The number of carbonyl (C=O) groups excluding carboxylic acids is 2. The Kier molecular flexibility index (Phi) is 5.77. The normalized spacial score (nSPS) is 10.6. The number of rotatable bonds is 4. The van der Waals surface area contributed by atoms with Crippen LogP contribution < -0.4 is 10.6 Å². The first-order valence-electron chi connectivity index (χ1n) is 8.18. The highest BCUT2D eigenvalue weighted by molar-refractivity contribution is 6.08. The molecular formula is C20H10F6N2O2. The van der Waals surface area contributed by atoms with Crippen molar-refractivity contribution in [3.05, 3.63) is 94.6 Å². The van der Waals surface area contributed by atoms with Crippen LogP contribution in [0.4, 0.5) is 37.7 Å². The minimum absolute atomic E-state index is 0.229. The summed E-state index contributed by atoms with van der Waals surface area (Å²) < 4.78 is 83.7. The van der Waals surface area contributed by atoms with Gasteiger partial charge in [0, 0.05) is 11.4 Å². The molecule has 0 aliphatic heterocycles. The van der Waals surface area contributed by atoms with E-state index in [1.807, 2.05) is 10.6 Å². The molecule has 0 aromatic heterocycles. The van der Waals surface area contributed by atoms with Crippen molar-refractivity contribution in [2.24, 2.45) is 0 Å². The summed E-state index contributed by atoms with van der Waals surface area (Å²) in [6.45, 7) is 0. The molecule has 0 atom stereocenters. The number of hydrogen-bond donors (Lipinski definition) is 2. The van der Waals surface area contributed by atoms with Crippen LogP contribution in [-0.2, 0) is 0 Å². The zero-order valence-electron chi connectivity index (χ0n) is 14.7. The molecule has 0 radical (unpaired) electrons. The summed E-state index contributed by atoms with van der Waals surface area (Å²) in [6.07, 6.45) is 0. The Hall–Kier alpha value is -3.82. The van der Waals surface area contributed by atoms with E-state index >= 15 is 0 Å². The Bertz CT molecular complexity index is 1050. The summed E-state index contributed by atoms with van der Waals surface area (Å²) in [7, 11) is 0. The van der Waals surface area contributed by atoms with Gasteiger partial charge in [-0.3, -0.25) is 9.59 Å². The molecule has 2 amide bonds. The van der Waals surface area contributed by atoms with Crippen LogP contribution in [0.5, 0.6) is 0 Å². The van der Waals surface area contributed by atoms with E-state index in [4.69, 9.17) is 0 Å². The SMILES string of the molecule is O=C(Nc1cccc(F)c1)c1c(F)c(F)c(C(=O)Nc2cccc(F)c2)c(F)c1F. The zero-order chi connectivity index (χ0) is 22.0. The van der Waals surface area contributed by atoms with Crippen LogP contribution in [0.2, 0.25) is 0 Å². The predicted molar refractivity (Wildman–Crippen MR) is 95.0 cm³/mol. The highest BCUT2D eigenvalue weighted by Gasteiger charge is 2.32. The van der Waals surface area contributed by atoms with Crippen molar-refractivity contribution >= 4 is 23.2 Å². The lowest BCUT2D eigenvalue weighted by molar-refractivity contribution is 0.0993. The molecular weight excluding hydrogens is 414 g/mol. The number of benzene rings is 3. The molecule has 0 aliphatic carbocycles. The molecule has 0 saturated heterocycles. The van der Waals surface area contributed by atoms with Gasteiger partial charge in [-0.15, -0.1) is 0 Å². The third kappa shape index (κ3) is 4.12. The fourth-order valence-corrected chi connectivity index (χ4v) is 2.55. The Morgan fingerprint density at radius 2 is 0.900 bits per heavy atom. The molecule has 10 heteroatoms. The van der Waals surface area contributed by atoms with Gasteiger partial charge in [-0.1, -0.05) is 12.1 Å². The van der Waals surface area contributed by atoms with E-state index in [0.717, 1.165) is 24.3 Å². The van der Waals surface area contributed by atoms with Gasteiger partial charge in [-0.2, -0.15) is 0 Å². The van der Waals surface area contributed by atoms with Crippen LogP contribution in [0.25, 0.3) is 0 Å². The maximum Gasteiger partial charge on any atom is 0.261 e. The minimum atomic E-state index is -2.13. The quantitative estimate of drug-likeness (QED) is 0.456. The van der Waals surface area contributed by atoms with Crippen LogP contribution in [0.3, 0.4) is 0 Å². The Balaban J connectivity index is 1.97. The van der Waals surface area contributed by atoms with E-state index in [-0.39, 0.29) is 11.4 Å².